The number of hydrogen-bond donors (Lipinski definition) is 2. The van der Waals surface area contributed by atoms with Crippen LogP contribution in [0.25, 0.3) is 0 Å². The maximum Gasteiger partial charge on any atom is 0.315 e. The highest BCUT2D eigenvalue weighted by atomic mass is 16.3. The van der Waals surface area contributed by atoms with Gasteiger partial charge in [0.15, 0.2) is 5.69 Å². The fourth-order valence-electron chi connectivity index (χ4n) is 5.10. The van der Waals surface area contributed by atoms with Gasteiger partial charge < -0.3 is 25.1 Å². The van der Waals surface area contributed by atoms with Crippen LogP contribution in [0.1, 0.15) is 61.8 Å². The molecule has 0 spiro atoms. The number of aromatic hydroxyl groups is 1. The molecule has 33 heavy (non-hydrogen) atoms. The van der Waals surface area contributed by atoms with Crippen LogP contribution >= 0.6 is 0 Å². The van der Waals surface area contributed by atoms with Crippen LogP contribution in [0.5, 0.6) is 5.75 Å². The molecule has 0 radical (unpaired) electrons. The van der Waals surface area contributed by atoms with Gasteiger partial charge in [-0.2, -0.15) is 4.98 Å². The van der Waals surface area contributed by atoms with E-state index in [1.54, 1.807) is 16.5 Å². The van der Waals surface area contributed by atoms with E-state index in [0.717, 1.165) is 49.5 Å². The summed E-state index contributed by atoms with van der Waals surface area (Å²) in [6, 6.07) is -0.0684. The zero-order valence-electron chi connectivity index (χ0n) is 19.7. The molecule has 3 N–H and O–H groups in total. The zero-order valence-corrected chi connectivity index (χ0v) is 19.7. The van der Waals surface area contributed by atoms with Crippen LogP contribution < -0.4 is 11.3 Å². The zero-order chi connectivity index (χ0) is 24.2. The summed E-state index contributed by atoms with van der Waals surface area (Å²) in [5.74, 6) is -0.382. The van der Waals surface area contributed by atoms with Crippen LogP contribution in [0.3, 0.4) is 0 Å². The van der Waals surface area contributed by atoms with Crippen molar-refractivity contribution < 1.29 is 14.7 Å². The van der Waals surface area contributed by atoms with Gasteiger partial charge in [-0.3, -0.25) is 9.59 Å². The first kappa shape index (κ1) is 24.6. The Labute approximate surface area is 194 Å². The number of carbonyl (C=O) groups is 2. The van der Waals surface area contributed by atoms with E-state index in [9.17, 15) is 19.5 Å². The predicted molar refractivity (Wildman–Crippen MR) is 127 cm³/mol. The van der Waals surface area contributed by atoms with Crippen molar-refractivity contribution in [3.63, 3.8) is 0 Å². The number of aldehydes is 1. The Hall–Kier alpha value is -3.00. The highest BCUT2D eigenvalue weighted by Gasteiger charge is 2.40. The fraction of sp³-hybridized carbons (Fsp3) is 0.520. The SMILES string of the molecule is CC1Cn2c(CC3(C4=CC(CC=O)=CCC=C4)CCCC3)nc(=O)c(O)c2C(=O)N1C.CN. The van der Waals surface area contributed by atoms with E-state index in [1.165, 1.54) is 7.05 Å². The molecule has 4 rings (SSSR count). The van der Waals surface area contributed by atoms with Gasteiger partial charge in [-0.05, 0) is 44.4 Å². The molecule has 1 fully saturated rings. The summed E-state index contributed by atoms with van der Waals surface area (Å²) in [5.41, 5.74) is 5.73. The van der Waals surface area contributed by atoms with Crippen molar-refractivity contribution in [2.75, 3.05) is 14.1 Å². The number of nitrogens with two attached hydrogens (primary N) is 1. The van der Waals surface area contributed by atoms with Crippen molar-refractivity contribution in [2.24, 2.45) is 11.1 Å². The first-order valence-corrected chi connectivity index (χ1v) is 11.6. The molecule has 1 amide bonds. The molecule has 8 heteroatoms. The summed E-state index contributed by atoms with van der Waals surface area (Å²) >= 11 is 0. The lowest BCUT2D eigenvalue weighted by molar-refractivity contribution is -0.107. The minimum absolute atomic E-state index is 0.0377. The Morgan fingerprint density at radius 2 is 1.97 bits per heavy atom. The molecule has 0 aromatic carbocycles. The van der Waals surface area contributed by atoms with E-state index in [1.807, 2.05) is 6.92 Å². The molecule has 178 valence electrons. The Bertz CT molecular complexity index is 1060. The van der Waals surface area contributed by atoms with Crippen LogP contribution in [-0.4, -0.2) is 51.9 Å². The van der Waals surface area contributed by atoms with Crippen molar-refractivity contribution in [2.45, 2.75) is 64.5 Å². The number of aromatic nitrogens is 2. The van der Waals surface area contributed by atoms with E-state index in [4.69, 9.17) is 0 Å². The monoisotopic (exact) mass is 454 g/mol. The number of allylic oxidation sites excluding steroid dienone is 6. The Morgan fingerprint density at radius 1 is 1.27 bits per heavy atom. The Morgan fingerprint density at radius 3 is 2.64 bits per heavy atom. The molecule has 1 aromatic heterocycles. The second kappa shape index (κ2) is 10.3. The molecule has 2 aliphatic carbocycles. The number of hydrogen-bond acceptors (Lipinski definition) is 6. The molecule has 1 atom stereocenters. The molecule has 0 bridgehead atoms. The molecule has 1 saturated carbocycles. The lowest BCUT2D eigenvalue weighted by Gasteiger charge is -2.36. The number of nitrogens with zero attached hydrogens (tertiary/aromatic N) is 3. The number of fused-ring (bicyclic) bond motifs is 1. The standard InChI is InChI=1S/C24H29N3O4.CH5N/c1-16-15-27-19(25-22(30)21(29)20(27)23(31)26(16)2)14-24(10-5-6-11-24)18-8-4-3-7-17(13-18)9-12-28;1-2/h4,7-8,12-13,16,29H,3,5-6,9-11,14-15H2,1-2H3;2H2,1H3. The second-order valence-corrected chi connectivity index (χ2v) is 8.96. The average molecular weight is 455 g/mol. The summed E-state index contributed by atoms with van der Waals surface area (Å²) in [5, 5.41) is 10.3. The van der Waals surface area contributed by atoms with E-state index >= 15 is 0 Å². The maximum absolute atomic E-state index is 12.8. The Kier molecular flexibility index (Phi) is 7.68. The highest BCUT2D eigenvalue weighted by molar-refractivity contribution is 5.95. The highest BCUT2D eigenvalue weighted by Crippen LogP contribution is 2.48. The molecule has 3 aliphatic rings. The number of likely N-dealkylation sites (N-methyl/N-ethyl adjacent to an activating group) is 1. The molecule has 1 aliphatic heterocycles. The summed E-state index contributed by atoms with van der Waals surface area (Å²) in [6.45, 7) is 2.42. The van der Waals surface area contributed by atoms with Crippen molar-refractivity contribution >= 4 is 12.2 Å². The van der Waals surface area contributed by atoms with E-state index < -0.39 is 11.3 Å². The fourth-order valence-corrected chi connectivity index (χ4v) is 5.10. The van der Waals surface area contributed by atoms with Gasteiger partial charge in [0.25, 0.3) is 5.91 Å². The first-order chi connectivity index (χ1) is 15.9. The van der Waals surface area contributed by atoms with Crippen LogP contribution in [0.2, 0.25) is 0 Å². The lowest BCUT2D eigenvalue weighted by atomic mass is 9.74. The quantitative estimate of drug-likeness (QED) is 0.660. The van der Waals surface area contributed by atoms with Gasteiger partial charge in [0.2, 0.25) is 5.75 Å². The van der Waals surface area contributed by atoms with Crippen molar-refractivity contribution in [1.29, 1.82) is 0 Å². The average Bonchev–Trinajstić information content (AvgIpc) is 3.15. The topological polar surface area (TPSA) is 119 Å². The molecule has 2 heterocycles. The molecule has 1 unspecified atom stereocenters. The molecular formula is C25H34N4O4. The van der Waals surface area contributed by atoms with Crippen molar-refractivity contribution in [3.8, 4) is 5.75 Å². The van der Waals surface area contributed by atoms with Gasteiger partial charge in [-0.15, -0.1) is 0 Å². The number of rotatable bonds is 5. The molecule has 8 nitrogen and oxygen atoms in total. The van der Waals surface area contributed by atoms with Gasteiger partial charge in [-0.25, -0.2) is 0 Å². The van der Waals surface area contributed by atoms with Gasteiger partial charge in [-0.1, -0.05) is 37.1 Å². The molecule has 1 aromatic rings. The van der Waals surface area contributed by atoms with Gasteiger partial charge >= 0.3 is 5.56 Å². The van der Waals surface area contributed by atoms with Gasteiger partial charge in [0, 0.05) is 37.9 Å². The van der Waals surface area contributed by atoms with Crippen LogP contribution in [0, 0.1) is 5.41 Å². The minimum atomic E-state index is -0.752. The maximum atomic E-state index is 12.8. The third-order valence-corrected chi connectivity index (χ3v) is 7.01. The van der Waals surface area contributed by atoms with E-state index in [-0.39, 0.29) is 23.1 Å². The summed E-state index contributed by atoms with van der Waals surface area (Å²) in [7, 11) is 3.18. The van der Waals surface area contributed by atoms with Crippen LogP contribution in [0.4, 0.5) is 0 Å². The first-order valence-electron chi connectivity index (χ1n) is 11.6. The van der Waals surface area contributed by atoms with Gasteiger partial charge in [0.05, 0.1) is 0 Å². The van der Waals surface area contributed by atoms with Crippen LogP contribution in [-0.2, 0) is 17.8 Å². The second-order valence-electron chi connectivity index (χ2n) is 8.96. The molecular weight excluding hydrogens is 420 g/mol. The van der Waals surface area contributed by atoms with Crippen LogP contribution in [0.15, 0.2) is 40.2 Å². The number of amides is 1. The molecule has 0 saturated heterocycles. The predicted octanol–water partition coefficient (Wildman–Crippen LogP) is 2.50. The number of carbonyl (C=O) groups excluding carboxylic acids is 2. The van der Waals surface area contributed by atoms with Crippen molar-refractivity contribution in [3.05, 3.63) is 57.3 Å². The van der Waals surface area contributed by atoms with Crippen molar-refractivity contribution in [1.82, 2.24) is 14.5 Å². The summed E-state index contributed by atoms with van der Waals surface area (Å²) in [4.78, 5) is 42.2. The Balaban J connectivity index is 0.00000149. The smallest absolute Gasteiger partial charge is 0.315 e. The normalized spacial score (nSPS) is 21.4. The van der Waals surface area contributed by atoms with E-state index in [0.29, 0.717) is 25.2 Å². The largest absolute Gasteiger partial charge is 0.501 e. The lowest BCUT2D eigenvalue weighted by Crippen LogP contribution is -2.46. The third kappa shape index (κ3) is 4.71. The third-order valence-electron chi connectivity index (χ3n) is 7.01. The van der Waals surface area contributed by atoms with Gasteiger partial charge in [0.1, 0.15) is 12.1 Å². The summed E-state index contributed by atoms with van der Waals surface area (Å²) < 4.78 is 1.74. The van der Waals surface area contributed by atoms with E-state index in [2.05, 4.69) is 35.0 Å². The minimum Gasteiger partial charge on any atom is -0.501 e. The summed E-state index contributed by atoms with van der Waals surface area (Å²) in [6.07, 6.45) is 15.1.